The van der Waals surface area contributed by atoms with Gasteiger partial charge >= 0.3 is 0 Å². The summed E-state index contributed by atoms with van der Waals surface area (Å²) >= 11 is 0. The number of aryl methyl sites for hydroxylation is 9. The van der Waals surface area contributed by atoms with Gasteiger partial charge in [0.25, 0.3) is 0 Å². The Labute approximate surface area is 493 Å². The van der Waals surface area contributed by atoms with Crippen molar-refractivity contribution < 1.29 is 35.2 Å². The summed E-state index contributed by atoms with van der Waals surface area (Å²) in [5.41, 5.74) is 13.0. The topological polar surface area (TPSA) is 86.2 Å². The van der Waals surface area contributed by atoms with Gasteiger partial charge in [-0.1, -0.05) is 132 Å². The predicted octanol–water partition coefficient (Wildman–Crippen LogP) is 16.2. The Hall–Kier alpha value is -9.01. The summed E-state index contributed by atoms with van der Waals surface area (Å²) in [6.45, 7) is 5.22. The van der Waals surface area contributed by atoms with Crippen molar-refractivity contribution in [3.05, 3.63) is 251 Å². The van der Waals surface area contributed by atoms with Crippen LogP contribution >= 0.6 is 0 Å². The van der Waals surface area contributed by atoms with Crippen molar-refractivity contribution in [3.8, 4) is 55.8 Å². The molecule has 6 aromatic carbocycles. The molecule has 0 amide bonds. The number of nitrogens with zero attached hydrogens (tertiary/aromatic N) is 8. The Kier molecular flexibility index (Phi) is 10.2. The van der Waals surface area contributed by atoms with Crippen LogP contribution in [0.15, 0.2) is 189 Å². The Morgan fingerprint density at radius 1 is 0.463 bits per heavy atom. The standard InChI is InChI=1S/C71H54N8.Ir/c1-43-41-74-64(40-63(43)55-26-24-53(25-27-55)52-13-7-6-8-14-52)56-30-28-54(29-31-56)58-15-9-10-16-59(58)57-36-49(20-19-48-23-32-60-65(38-48)78-70(44(2)46(4)76-78)61-17-11-33-72-67(60)61)35-50(37-57)21-22-51-39-66-69(75-42-51)68-62(18-12-34-73-68)71-45(3)47(5)77-79(66)71;/h6-18,23-30,33-42H,19-22H2,1-5H3;/q-2;/i1D3,19D2,20D2,21D2,22D2;. The molecule has 8 heterocycles. The minimum Gasteiger partial charge on any atom is -0.304 e. The van der Waals surface area contributed by atoms with E-state index in [4.69, 9.17) is 24.3 Å². The summed E-state index contributed by atoms with van der Waals surface area (Å²) in [7, 11) is 0. The maximum Gasteiger partial charge on any atom is 0.115 e. The second-order valence-corrected chi connectivity index (χ2v) is 19.9. The minimum atomic E-state index is -2.96. The van der Waals surface area contributed by atoms with Crippen molar-refractivity contribution in [2.75, 3.05) is 0 Å². The maximum absolute atomic E-state index is 10.0. The van der Waals surface area contributed by atoms with Gasteiger partial charge in [0.15, 0.2) is 0 Å². The van der Waals surface area contributed by atoms with Gasteiger partial charge in [-0.05, 0) is 167 Å². The molecule has 0 N–H and O–H groups in total. The zero-order chi connectivity index (χ0) is 63.0. The first-order valence-electron chi connectivity index (χ1n) is 31.5. The molecule has 0 atom stereocenters. The smallest absolute Gasteiger partial charge is 0.115 e. The molecule has 9 heteroatoms. The monoisotopic (exact) mass is 1220 g/mol. The van der Waals surface area contributed by atoms with Crippen molar-refractivity contribution in [1.82, 2.24) is 39.2 Å². The second-order valence-electron chi connectivity index (χ2n) is 19.9. The second kappa shape index (κ2) is 20.7. The molecular formula is C71H54IrN8-2. The molecule has 0 saturated heterocycles. The van der Waals surface area contributed by atoms with E-state index in [9.17, 15) is 11.0 Å². The van der Waals surface area contributed by atoms with Gasteiger partial charge in [0.05, 0.1) is 27.9 Å². The van der Waals surface area contributed by atoms with Crippen LogP contribution in [0.2, 0.25) is 0 Å². The first-order chi connectivity index (χ1) is 42.9. The number of rotatable bonds is 11. The van der Waals surface area contributed by atoms with Crippen molar-refractivity contribution in [3.63, 3.8) is 0 Å². The SMILES string of the molecule is [2H]C([2H])([2H])c1cnc(-c2[c-]cc(-c3ccccc3-c3cc(C([2H])([2H])C([2H])([2H])c4c[c-]c5c6ncccc6c6c(C)c(C)nn6c5c4)cc(C([2H])([2H])C([2H])([2H])c4cnc5c6ncccc6c6c(C)c(C)nn6c5c4)c3)cc2)cc1-c1ccc(-c2ccccc2)cc1.[Ir]. The number of hydrogen-bond acceptors (Lipinski definition) is 6. The van der Waals surface area contributed by atoms with Gasteiger partial charge in [0, 0.05) is 65.4 Å². The van der Waals surface area contributed by atoms with Crippen molar-refractivity contribution in [1.29, 1.82) is 0 Å². The Balaban J connectivity index is 0.00000758. The zero-order valence-corrected chi connectivity index (χ0v) is 46.2. The molecule has 389 valence electrons. The van der Waals surface area contributed by atoms with E-state index in [-0.39, 0.29) is 53.5 Å². The molecule has 8 nitrogen and oxygen atoms in total. The first-order valence-corrected chi connectivity index (χ1v) is 26.0. The summed E-state index contributed by atoms with van der Waals surface area (Å²) < 4.78 is 108. The molecule has 0 spiro atoms. The quantitative estimate of drug-likeness (QED) is 0.0947. The fourth-order valence-corrected chi connectivity index (χ4v) is 10.8. The molecule has 80 heavy (non-hydrogen) atoms. The van der Waals surface area contributed by atoms with Crippen LogP contribution in [0.1, 0.15) is 65.4 Å². The van der Waals surface area contributed by atoms with E-state index in [1.165, 1.54) is 36.7 Å². The van der Waals surface area contributed by atoms with Crippen molar-refractivity contribution >= 4 is 54.8 Å². The molecule has 0 bridgehead atoms. The Morgan fingerprint density at radius 2 is 1.06 bits per heavy atom. The van der Waals surface area contributed by atoms with Gasteiger partial charge in [-0.2, -0.15) is 10.2 Å². The molecule has 0 saturated carbocycles. The van der Waals surface area contributed by atoms with Crippen LogP contribution in [-0.2, 0) is 45.6 Å². The van der Waals surface area contributed by atoms with Crippen LogP contribution in [0, 0.1) is 46.7 Å². The van der Waals surface area contributed by atoms with Crippen LogP contribution in [0.4, 0.5) is 0 Å². The molecule has 0 fully saturated rings. The van der Waals surface area contributed by atoms with Gasteiger partial charge < -0.3 is 9.97 Å². The van der Waals surface area contributed by atoms with Gasteiger partial charge in [0.1, 0.15) is 11.0 Å². The average Bonchev–Trinajstić information content (AvgIpc) is 1.72. The molecule has 1 radical (unpaired) electrons. The average molecular weight is 1220 g/mol. The van der Waals surface area contributed by atoms with Gasteiger partial charge in [-0.25, -0.2) is 4.52 Å². The third-order valence-corrected chi connectivity index (χ3v) is 15.0. The van der Waals surface area contributed by atoms with E-state index < -0.39 is 32.3 Å². The molecule has 0 aliphatic heterocycles. The molecule has 14 aromatic rings. The van der Waals surface area contributed by atoms with Gasteiger partial charge in [-0.15, -0.1) is 53.6 Å². The fourth-order valence-electron chi connectivity index (χ4n) is 10.8. The predicted molar refractivity (Wildman–Crippen MR) is 321 cm³/mol. The fraction of sp³-hybridized carbons (Fsp3) is 0.127. The summed E-state index contributed by atoms with van der Waals surface area (Å²) in [4.78, 5) is 18.7. The summed E-state index contributed by atoms with van der Waals surface area (Å²) in [6.07, 6.45) is -5.60. The Morgan fingerprint density at radius 3 is 1.76 bits per heavy atom. The summed E-state index contributed by atoms with van der Waals surface area (Å²) in [5.74, 6) is 0. The van der Waals surface area contributed by atoms with E-state index in [1.54, 1.807) is 57.8 Å². The number of benzene rings is 6. The Bertz CT molecular complexity index is 5030. The van der Waals surface area contributed by atoms with Crippen LogP contribution in [-0.4, -0.2) is 39.2 Å². The third-order valence-electron chi connectivity index (χ3n) is 15.0. The normalized spacial score (nSPS) is 14.6. The van der Waals surface area contributed by atoms with Gasteiger partial charge in [-0.3, -0.25) is 14.5 Å². The van der Waals surface area contributed by atoms with E-state index in [0.717, 1.165) is 55.4 Å². The van der Waals surface area contributed by atoms with Crippen LogP contribution in [0.5, 0.6) is 0 Å². The van der Waals surface area contributed by atoms with E-state index in [0.29, 0.717) is 72.0 Å². The van der Waals surface area contributed by atoms with E-state index >= 15 is 0 Å². The minimum absolute atomic E-state index is 0. The number of fused-ring (bicyclic) bond motifs is 12. The molecular weight excluding hydrogens is 1160 g/mol. The van der Waals surface area contributed by atoms with Crippen LogP contribution in [0.25, 0.3) is 111 Å². The third kappa shape index (κ3) is 8.93. The number of hydrogen-bond donors (Lipinski definition) is 0. The van der Waals surface area contributed by atoms with Crippen molar-refractivity contribution in [2.24, 2.45) is 0 Å². The molecule has 14 rings (SSSR count). The van der Waals surface area contributed by atoms with E-state index in [1.807, 2.05) is 131 Å². The van der Waals surface area contributed by atoms with Gasteiger partial charge in [0.2, 0.25) is 0 Å². The molecule has 0 unspecified atom stereocenters. The maximum atomic E-state index is 10.0. The van der Waals surface area contributed by atoms with Crippen LogP contribution < -0.4 is 0 Å². The first kappa shape index (κ1) is 39.4. The molecule has 0 aliphatic rings. The number of pyridine rings is 6. The number of aromatic nitrogens is 8. The largest absolute Gasteiger partial charge is 0.304 e. The summed E-state index contributed by atoms with van der Waals surface area (Å²) in [5, 5.41) is 11.9. The van der Waals surface area contributed by atoms with E-state index in [2.05, 4.69) is 22.1 Å². The molecule has 0 aliphatic carbocycles. The summed E-state index contributed by atoms with van der Waals surface area (Å²) in [6, 6.07) is 55.0. The molecule has 8 aromatic heterocycles. The van der Waals surface area contributed by atoms with Crippen molar-refractivity contribution in [2.45, 2.75) is 60.0 Å². The van der Waals surface area contributed by atoms with Crippen LogP contribution in [0.3, 0.4) is 0 Å². The zero-order valence-electron chi connectivity index (χ0n) is 54.8.